The van der Waals surface area contributed by atoms with Gasteiger partial charge in [0.2, 0.25) is 5.89 Å². The van der Waals surface area contributed by atoms with E-state index in [4.69, 9.17) is 9.15 Å². The van der Waals surface area contributed by atoms with E-state index in [0.717, 1.165) is 4.88 Å². The maximum atomic E-state index is 12.8. The van der Waals surface area contributed by atoms with Crippen molar-refractivity contribution in [1.29, 1.82) is 0 Å². The molecule has 0 N–H and O–H groups in total. The number of para-hydroxylation sites is 1. The molecule has 2 aromatic carbocycles. The van der Waals surface area contributed by atoms with Crippen molar-refractivity contribution >= 4 is 33.0 Å². The lowest BCUT2D eigenvalue weighted by Gasteiger charge is -2.19. The van der Waals surface area contributed by atoms with E-state index in [1.807, 2.05) is 23.6 Å². The van der Waals surface area contributed by atoms with E-state index in [0.29, 0.717) is 17.3 Å². The molecule has 0 fully saturated rings. The molecule has 0 aliphatic rings. The van der Waals surface area contributed by atoms with Crippen LogP contribution in [0.25, 0.3) is 10.8 Å². The monoisotopic (exact) mass is 454 g/mol. The van der Waals surface area contributed by atoms with Gasteiger partial charge in [-0.25, -0.2) is 18.2 Å². The third-order valence-electron chi connectivity index (χ3n) is 4.50. The molecule has 7 nitrogen and oxygen atoms in total. The van der Waals surface area contributed by atoms with Gasteiger partial charge in [0.1, 0.15) is 18.6 Å². The maximum absolute atomic E-state index is 12.8. The zero-order valence-corrected chi connectivity index (χ0v) is 18.1. The van der Waals surface area contributed by atoms with Crippen LogP contribution in [0.1, 0.15) is 16.1 Å². The van der Waals surface area contributed by atoms with E-state index in [-0.39, 0.29) is 17.1 Å². The molecule has 4 rings (SSSR count). The summed E-state index contributed by atoms with van der Waals surface area (Å²) < 4.78 is 37.5. The number of thiophene rings is 1. The number of hydrogen-bond donors (Lipinski definition) is 0. The molecule has 158 valence electrons. The van der Waals surface area contributed by atoms with Crippen LogP contribution in [-0.2, 0) is 21.4 Å². The number of anilines is 1. The summed E-state index contributed by atoms with van der Waals surface area (Å²) in [6.07, 6.45) is 1.44. The number of rotatable bonds is 7. The van der Waals surface area contributed by atoms with Crippen molar-refractivity contribution in [2.24, 2.45) is 0 Å². The molecule has 2 aromatic heterocycles. The van der Waals surface area contributed by atoms with Crippen molar-refractivity contribution in [3.8, 4) is 10.8 Å². The minimum Gasteiger partial charge on any atom is -0.455 e. The molecule has 0 radical (unpaired) electrons. The first-order valence-electron chi connectivity index (χ1n) is 9.24. The molecule has 0 atom stereocenters. The maximum Gasteiger partial charge on any atom is 0.338 e. The minimum atomic E-state index is -3.75. The van der Waals surface area contributed by atoms with E-state index in [9.17, 15) is 13.2 Å². The average molecular weight is 455 g/mol. The standard InChI is InChI=1S/C22H18N2O5S2/c1-24(18-6-3-2-4-7-18)31(26,27)19-11-9-16(10-12-19)22(25)29-15-17-14-28-21(23-17)20-8-5-13-30-20/h2-14H,15H2,1H3. The molecule has 0 saturated heterocycles. The number of aromatic nitrogens is 1. The Balaban J connectivity index is 1.41. The smallest absolute Gasteiger partial charge is 0.338 e. The minimum absolute atomic E-state index is 0.0511. The number of carbonyl (C=O) groups excluding carboxylic acids is 1. The number of nitrogens with zero attached hydrogens (tertiary/aromatic N) is 2. The summed E-state index contributed by atoms with van der Waals surface area (Å²) in [6.45, 7) is -0.0511. The van der Waals surface area contributed by atoms with Crippen LogP contribution in [0.15, 0.2) is 87.7 Å². The molecule has 0 spiro atoms. The second-order valence-corrected chi connectivity index (χ2v) is 9.45. The molecule has 0 aliphatic heterocycles. The molecule has 9 heteroatoms. The van der Waals surface area contributed by atoms with E-state index in [1.165, 1.54) is 53.2 Å². The van der Waals surface area contributed by atoms with Gasteiger partial charge in [-0.05, 0) is 47.8 Å². The highest BCUT2D eigenvalue weighted by molar-refractivity contribution is 7.92. The molecule has 4 aromatic rings. The molecule has 0 unspecified atom stereocenters. The fraction of sp³-hybridized carbons (Fsp3) is 0.0909. The molecule has 0 saturated carbocycles. The number of benzene rings is 2. The lowest BCUT2D eigenvalue weighted by Crippen LogP contribution is -2.26. The van der Waals surface area contributed by atoms with Gasteiger partial charge in [-0.3, -0.25) is 4.31 Å². The fourth-order valence-electron chi connectivity index (χ4n) is 2.81. The Bertz CT molecular complexity index is 1270. The first kappa shape index (κ1) is 20.8. The summed E-state index contributed by atoms with van der Waals surface area (Å²) in [6, 6.07) is 18.1. The zero-order chi connectivity index (χ0) is 21.8. The third kappa shape index (κ3) is 4.52. The highest BCUT2D eigenvalue weighted by Crippen LogP contribution is 2.24. The Morgan fingerprint density at radius 3 is 2.48 bits per heavy atom. The molecular formula is C22H18N2O5S2. The van der Waals surface area contributed by atoms with Crippen LogP contribution in [0, 0.1) is 0 Å². The van der Waals surface area contributed by atoms with Crippen LogP contribution in [0.4, 0.5) is 5.69 Å². The Kier molecular flexibility index (Phi) is 5.88. The lowest BCUT2D eigenvalue weighted by molar-refractivity contribution is 0.0467. The average Bonchev–Trinajstić information content (AvgIpc) is 3.49. The van der Waals surface area contributed by atoms with Crippen LogP contribution in [-0.4, -0.2) is 26.4 Å². The van der Waals surface area contributed by atoms with Crippen molar-refractivity contribution in [3.05, 3.63) is 89.6 Å². The summed E-state index contributed by atoms with van der Waals surface area (Å²) in [5.41, 5.74) is 1.27. The molecule has 2 heterocycles. The number of hydrogen-bond acceptors (Lipinski definition) is 7. The van der Waals surface area contributed by atoms with E-state index >= 15 is 0 Å². The predicted octanol–water partition coefficient (Wildman–Crippen LogP) is 4.59. The Morgan fingerprint density at radius 2 is 1.81 bits per heavy atom. The van der Waals surface area contributed by atoms with Gasteiger partial charge in [0.05, 0.1) is 21.0 Å². The number of ether oxygens (including phenoxy) is 1. The van der Waals surface area contributed by atoms with Crippen LogP contribution in [0.5, 0.6) is 0 Å². The Labute approximate surface area is 183 Å². The molecule has 0 amide bonds. The number of sulfonamides is 1. The van der Waals surface area contributed by atoms with Gasteiger partial charge in [-0.1, -0.05) is 24.3 Å². The lowest BCUT2D eigenvalue weighted by atomic mass is 10.2. The van der Waals surface area contributed by atoms with Gasteiger partial charge in [0, 0.05) is 7.05 Å². The second kappa shape index (κ2) is 8.75. The first-order valence-corrected chi connectivity index (χ1v) is 11.6. The highest BCUT2D eigenvalue weighted by atomic mass is 32.2. The van der Waals surface area contributed by atoms with Gasteiger partial charge in [0.15, 0.2) is 0 Å². The van der Waals surface area contributed by atoms with Crippen molar-refractivity contribution in [1.82, 2.24) is 4.98 Å². The fourth-order valence-corrected chi connectivity index (χ4v) is 4.66. The van der Waals surface area contributed by atoms with Gasteiger partial charge >= 0.3 is 5.97 Å². The Morgan fingerprint density at radius 1 is 1.06 bits per heavy atom. The normalized spacial score (nSPS) is 11.3. The first-order chi connectivity index (χ1) is 14.9. The van der Waals surface area contributed by atoms with E-state index < -0.39 is 16.0 Å². The van der Waals surface area contributed by atoms with Gasteiger partial charge in [0.25, 0.3) is 10.0 Å². The quantitative estimate of drug-likeness (QED) is 0.380. The summed E-state index contributed by atoms with van der Waals surface area (Å²) in [5.74, 6) is -0.112. The summed E-state index contributed by atoms with van der Waals surface area (Å²) >= 11 is 1.50. The number of esters is 1. The second-order valence-electron chi connectivity index (χ2n) is 6.53. The van der Waals surface area contributed by atoms with Crippen LogP contribution < -0.4 is 4.31 Å². The predicted molar refractivity (Wildman–Crippen MR) is 117 cm³/mol. The SMILES string of the molecule is CN(c1ccccc1)S(=O)(=O)c1ccc(C(=O)OCc2coc(-c3cccs3)n2)cc1. The third-order valence-corrected chi connectivity index (χ3v) is 7.16. The number of oxazole rings is 1. The van der Waals surface area contributed by atoms with Gasteiger partial charge in [-0.15, -0.1) is 11.3 Å². The van der Waals surface area contributed by atoms with E-state index in [2.05, 4.69) is 4.98 Å². The molecule has 0 bridgehead atoms. The van der Waals surface area contributed by atoms with Gasteiger partial charge < -0.3 is 9.15 Å². The van der Waals surface area contributed by atoms with E-state index in [1.54, 1.807) is 24.3 Å². The topological polar surface area (TPSA) is 89.7 Å². The van der Waals surface area contributed by atoms with Crippen LogP contribution in [0.2, 0.25) is 0 Å². The van der Waals surface area contributed by atoms with Crippen molar-refractivity contribution < 1.29 is 22.4 Å². The van der Waals surface area contributed by atoms with Gasteiger partial charge in [-0.2, -0.15) is 0 Å². The van der Waals surface area contributed by atoms with Crippen LogP contribution >= 0.6 is 11.3 Å². The zero-order valence-electron chi connectivity index (χ0n) is 16.5. The largest absolute Gasteiger partial charge is 0.455 e. The molecular weight excluding hydrogens is 436 g/mol. The summed E-state index contributed by atoms with van der Waals surface area (Å²) in [4.78, 5) is 17.6. The van der Waals surface area contributed by atoms with Crippen molar-refractivity contribution in [2.45, 2.75) is 11.5 Å². The molecule has 0 aliphatic carbocycles. The summed E-state index contributed by atoms with van der Waals surface area (Å²) in [7, 11) is -2.27. The van der Waals surface area contributed by atoms with Crippen LogP contribution in [0.3, 0.4) is 0 Å². The Hall–Kier alpha value is -3.43. The van der Waals surface area contributed by atoms with Crippen molar-refractivity contribution in [3.63, 3.8) is 0 Å². The van der Waals surface area contributed by atoms with Crippen molar-refractivity contribution in [2.75, 3.05) is 11.4 Å². The number of carbonyl (C=O) groups is 1. The molecule has 31 heavy (non-hydrogen) atoms. The highest BCUT2D eigenvalue weighted by Gasteiger charge is 2.21. The summed E-state index contributed by atoms with van der Waals surface area (Å²) in [5, 5.41) is 1.92.